The highest BCUT2D eigenvalue weighted by atomic mass is 16.5. The number of likely N-dealkylation sites (tertiary alicyclic amines) is 1. The highest BCUT2D eigenvalue weighted by molar-refractivity contribution is 5.93. The van der Waals surface area contributed by atoms with E-state index >= 15 is 0 Å². The lowest BCUT2D eigenvalue weighted by molar-refractivity contribution is -0.121. The van der Waals surface area contributed by atoms with E-state index in [2.05, 4.69) is 11.4 Å². The van der Waals surface area contributed by atoms with E-state index in [0.29, 0.717) is 62.6 Å². The lowest BCUT2D eigenvalue weighted by Crippen LogP contribution is -2.47. The average molecular weight is 435 g/mol. The van der Waals surface area contributed by atoms with E-state index in [1.54, 1.807) is 18.2 Å². The van der Waals surface area contributed by atoms with Crippen molar-refractivity contribution in [3.8, 4) is 11.8 Å². The second-order valence-corrected chi connectivity index (χ2v) is 7.83. The highest BCUT2D eigenvalue weighted by Gasteiger charge is 2.28. The maximum Gasteiger partial charge on any atom is 0.319 e. The van der Waals surface area contributed by atoms with Crippen LogP contribution in [0.2, 0.25) is 0 Å². The van der Waals surface area contributed by atoms with Gasteiger partial charge in [0.25, 0.3) is 0 Å². The summed E-state index contributed by atoms with van der Waals surface area (Å²) in [5.74, 6) is 0.498. The molecular formula is C25H30N4O3. The first-order chi connectivity index (χ1) is 15.5. The molecule has 0 atom stereocenters. The molecule has 7 nitrogen and oxygen atoms in total. The molecule has 0 radical (unpaired) electrons. The van der Waals surface area contributed by atoms with Crippen molar-refractivity contribution in [1.82, 2.24) is 9.80 Å². The van der Waals surface area contributed by atoms with Crippen molar-refractivity contribution in [3.63, 3.8) is 0 Å². The van der Waals surface area contributed by atoms with Crippen molar-refractivity contribution in [1.29, 1.82) is 5.26 Å². The first-order valence-electron chi connectivity index (χ1n) is 11.1. The van der Waals surface area contributed by atoms with Crippen molar-refractivity contribution < 1.29 is 14.3 Å². The molecule has 2 aromatic rings. The van der Waals surface area contributed by atoms with Gasteiger partial charge in [-0.3, -0.25) is 4.79 Å². The van der Waals surface area contributed by atoms with Crippen LogP contribution in [0, 0.1) is 17.2 Å². The zero-order valence-corrected chi connectivity index (χ0v) is 18.7. The maximum absolute atomic E-state index is 12.8. The van der Waals surface area contributed by atoms with Crippen LogP contribution in [0.4, 0.5) is 10.5 Å². The number of hydrogen-bond donors (Lipinski definition) is 1. The van der Waals surface area contributed by atoms with Gasteiger partial charge in [0.2, 0.25) is 5.91 Å². The topological polar surface area (TPSA) is 85.7 Å². The predicted octanol–water partition coefficient (Wildman–Crippen LogP) is 4.25. The Morgan fingerprint density at radius 1 is 1.12 bits per heavy atom. The molecule has 1 saturated heterocycles. The van der Waals surface area contributed by atoms with Crippen LogP contribution in [0.3, 0.4) is 0 Å². The number of piperidine rings is 1. The molecule has 1 N–H and O–H groups in total. The van der Waals surface area contributed by atoms with Crippen LogP contribution in [-0.2, 0) is 11.4 Å². The zero-order chi connectivity index (χ0) is 22.9. The summed E-state index contributed by atoms with van der Waals surface area (Å²) in [5, 5.41) is 12.0. The quantitative estimate of drug-likeness (QED) is 0.706. The van der Waals surface area contributed by atoms with E-state index in [1.165, 1.54) is 0 Å². The summed E-state index contributed by atoms with van der Waals surface area (Å²) in [6.07, 6.45) is 1.31. The SMILES string of the molecule is CCN(CC)C(=O)N1CCC(C(=O)Nc2cccc(OCc3cccc(C#N)c3)c2)CC1. The van der Waals surface area contributed by atoms with Gasteiger partial charge in [0.1, 0.15) is 12.4 Å². The molecule has 32 heavy (non-hydrogen) atoms. The standard InChI is InChI=1S/C25H30N4O3/c1-3-28(4-2)25(31)29-13-11-21(12-14-29)24(30)27-22-9-6-10-23(16-22)32-18-20-8-5-7-19(15-20)17-26/h5-10,15-16,21H,3-4,11-14,18H2,1-2H3,(H,27,30). The number of carbonyl (C=O) groups is 2. The minimum atomic E-state index is -0.117. The number of ether oxygens (including phenoxy) is 1. The zero-order valence-electron chi connectivity index (χ0n) is 18.7. The highest BCUT2D eigenvalue weighted by Crippen LogP contribution is 2.23. The van der Waals surface area contributed by atoms with Crippen molar-refractivity contribution >= 4 is 17.6 Å². The summed E-state index contributed by atoms with van der Waals surface area (Å²) >= 11 is 0. The molecule has 1 aliphatic rings. The Morgan fingerprint density at radius 2 is 1.84 bits per heavy atom. The first-order valence-corrected chi connectivity index (χ1v) is 11.1. The number of carbonyl (C=O) groups excluding carboxylic acids is 2. The van der Waals surface area contributed by atoms with Gasteiger partial charge in [0.15, 0.2) is 0 Å². The minimum absolute atomic E-state index is 0.0289. The molecule has 168 valence electrons. The normalized spacial score (nSPS) is 13.8. The van der Waals surface area contributed by atoms with E-state index in [1.807, 2.05) is 54.0 Å². The number of anilines is 1. The summed E-state index contributed by atoms with van der Waals surface area (Å²) in [7, 11) is 0. The van der Waals surface area contributed by atoms with Crippen LogP contribution < -0.4 is 10.1 Å². The Balaban J connectivity index is 1.51. The summed E-state index contributed by atoms with van der Waals surface area (Å²) < 4.78 is 5.83. The first kappa shape index (κ1) is 23.1. The molecule has 0 bridgehead atoms. The minimum Gasteiger partial charge on any atom is -0.489 e. The van der Waals surface area contributed by atoms with Gasteiger partial charge in [0, 0.05) is 43.9 Å². The van der Waals surface area contributed by atoms with E-state index < -0.39 is 0 Å². The van der Waals surface area contributed by atoms with Crippen molar-refractivity contribution in [2.75, 3.05) is 31.5 Å². The third-order valence-electron chi connectivity index (χ3n) is 5.73. The Labute approximate surface area is 189 Å². The van der Waals surface area contributed by atoms with Gasteiger partial charge in [-0.1, -0.05) is 18.2 Å². The fourth-order valence-corrected chi connectivity index (χ4v) is 3.83. The largest absolute Gasteiger partial charge is 0.489 e. The van der Waals surface area contributed by atoms with Crippen molar-refractivity contribution in [2.45, 2.75) is 33.3 Å². The molecule has 1 aliphatic heterocycles. The van der Waals surface area contributed by atoms with Gasteiger partial charge in [-0.25, -0.2) is 4.79 Å². The lowest BCUT2D eigenvalue weighted by atomic mass is 9.96. The van der Waals surface area contributed by atoms with E-state index in [-0.39, 0.29) is 17.9 Å². The Morgan fingerprint density at radius 3 is 2.53 bits per heavy atom. The monoisotopic (exact) mass is 434 g/mol. The van der Waals surface area contributed by atoms with Crippen molar-refractivity contribution in [3.05, 3.63) is 59.7 Å². The van der Waals surface area contributed by atoms with Crippen molar-refractivity contribution in [2.24, 2.45) is 5.92 Å². The molecular weight excluding hydrogens is 404 g/mol. The fourth-order valence-electron chi connectivity index (χ4n) is 3.83. The molecule has 3 amide bonds. The Bertz CT molecular complexity index is 973. The number of urea groups is 1. The summed E-state index contributed by atoms with van der Waals surface area (Å²) in [4.78, 5) is 28.9. The number of amides is 3. The fraction of sp³-hybridized carbons (Fsp3) is 0.400. The van der Waals surface area contributed by atoms with E-state index in [9.17, 15) is 9.59 Å². The van der Waals surface area contributed by atoms with Crippen LogP contribution in [0.15, 0.2) is 48.5 Å². The molecule has 0 saturated carbocycles. The van der Waals surface area contributed by atoms with Gasteiger partial charge in [-0.2, -0.15) is 5.26 Å². The lowest BCUT2D eigenvalue weighted by Gasteiger charge is -2.34. The average Bonchev–Trinajstić information content (AvgIpc) is 2.84. The van der Waals surface area contributed by atoms with Crippen LogP contribution in [0.25, 0.3) is 0 Å². The van der Waals surface area contributed by atoms with Crippen LogP contribution in [-0.4, -0.2) is 47.9 Å². The number of nitrogens with one attached hydrogen (secondary N) is 1. The van der Waals surface area contributed by atoms with Gasteiger partial charge in [0.05, 0.1) is 11.6 Å². The second-order valence-electron chi connectivity index (χ2n) is 7.83. The third-order valence-corrected chi connectivity index (χ3v) is 5.73. The molecule has 0 unspecified atom stereocenters. The molecule has 2 aromatic carbocycles. The Hall–Kier alpha value is -3.53. The van der Waals surface area contributed by atoms with Crippen LogP contribution in [0.5, 0.6) is 5.75 Å². The van der Waals surface area contributed by atoms with Gasteiger partial charge >= 0.3 is 6.03 Å². The van der Waals surface area contributed by atoms with Gasteiger partial charge in [-0.05, 0) is 56.5 Å². The van der Waals surface area contributed by atoms with Gasteiger partial charge < -0.3 is 19.9 Å². The smallest absolute Gasteiger partial charge is 0.319 e. The molecule has 7 heteroatoms. The molecule has 1 heterocycles. The van der Waals surface area contributed by atoms with E-state index in [4.69, 9.17) is 10.00 Å². The summed E-state index contributed by atoms with van der Waals surface area (Å²) in [6, 6.07) is 16.8. The number of benzene rings is 2. The third kappa shape index (κ3) is 6.01. The molecule has 3 rings (SSSR count). The number of nitriles is 1. The van der Waals surface area contributed by atoms with E-state index in [0.717, 1.165) is 5.56 Å². The number of rotatable bonds is 7. The number of nitrogens with zero attached hydrogens (tertiary/aromatic N) is 3. The number of hydrogen-bond acceptors (Lipinski definition) is 4. The maximum atomic E-state index is 12.8. The molecule has 1 fully saturated rings. The van der Waals surface area contributed by atoms with Crippen LogP contribution >= 0.6 is 0 Å². The van der Waals surface area contributed by atoms with Crippen LogP contribution in [0.1, 0.15) is 37.8 Å². The molecule has 0 spiro atoms. The molecule has 0 aliphatic carbocycles. The summed E-state index contributed by atoms with van der Waals surface area (Å²) in [6.45, 7) is 6.87. The predicted molar refractivity (Wildman–Crippen MR) is 123 cm³/mol. The Kier molecular flexibility index (Phi) is 8.09. The summed E-state index contributed by atoms with van der Waals surface area (Å²) in [5.41, 5.74) is 2.18. The molecule has 0 aromatic heterocycles. The second kappa shape index (κ2) is 11.2. The van der Waals surface area contributed by atoms with Gasteiger partial charge in [-0.15, -0.1) is 0 Å².